The van der Waals surface area contributed by atoms with E-state index in [-0.39, 0.29) is 12.4 Å². The number of carbonyl (C=O) groups is 2. The summed E-state index contributed by atoms with van der Waals surface area (Å²) in [4.78, 5) is 28.7. The molecule has 5 heteroatoms. The Kier molecular flexibility index (Phi) is 4.76. The maximum Gasteiger partial charge on any atom is 0.319 e. The molecule has 0 spiro atoms. The number of Topliss-reactive ketones (excluding diaryl/α,β-unsaturated/α-hetero) is 1. The fourth-order valence-corrected chi connectivity index (χ4v) is 2.81. The van der Waals surface area contributed by atoms with E-state index < -0.39 is 11.4 Å². The average molecular weight is 296 g/mol. The van der Waals surface area contributed by atoms with Gasteiger partial charge < -0.3 is 4.74 Å². The minimum atomic E-state index is -1.04. The molecule has 1 aromatic heterocycles. The second kappa shape index (κ2) is 6.35. The Bertz CT molecular complexity index is 500. The number of hydrogen-bond donors (Lipinski definition) is 0. The van der Waals surface area contributed by atoms with Crippen LogP contribution in [0, 0.1) is 5.41 Å². The summed E-state index contributed by atoms with van der Waals surface area (Å²) in [5, 5.41) is 0.397. The fourth-order valence-electron chi connectivity index (χ4n) is 2.69. The Hall–Kier alpha value is -1.42. The summed E-state index contributed by atoms with van der Waals surface area (Å²) in [5.74, 6) is -0.420. The lowest BCUT2D eigenvalue weighted by Crippen LogP contribution is -2.44. The standard InChI is InChI=1S/C15H18ClNO3/c1-2-20-14(19)15(8-4-3-5-12(15)18)9-11-6-7-13(16)17-10-11/h6-7,10H,2-5,8-9H2,1H3. The molecule has 1 saturated carbocycles. The molecule has 0 aromatic carbocycles. The molecule has 1 unspecified atom stereocenters. The highest BCUT2D eigenvalue weighted by Gasteiger charge is 2.47. The molecule has 0 radical (unpaired) electrons. The van der Waals surface area contributed by atoms with Crippen molar-refractivity contribution < 1.29 is 14.3 Å². The molecular formula is C15H18ClNO3. The highest BCUT2D eigenvalue weighted by Crippen LogP contribution is 2.37. The van der Waals surface area contributed by atoms with E-state index >= 15 is 0 Å². The first kappa shape index (κ1) is 15.0. The zero-order valence-electron chi connectivity index (χ0n) is 11.5. The topological polar surface area (TPSA) is 56.3 Å². The number of ether oxygens (including phenoxy) is 1. The van der Waals surface area contributed by atoms with Crippen LogP contribution < -0.4 is 0 Å². The number of esters is 1. The first-order chi connectivity index (χ1) is 9.58. The Balaban J connectivity index is 2.28. The van der Waals surface area contributed by atoms with Crippen LogP contribution in [0.5, 0.6) is 0 Å². The van der Waals surface area contributed by atoms with E-state index in [1.807, 2.05) is 0 Å². The normalized spacial score (nSPS) is 22.6. The maximum atomic E-state index is 12.4. The molecule has 1 aliphatic carbocycles. The van der Waals surface area contributed by atoms with Gasteiger partial charge in [-0.25, -0.2) is 4.98 Å². The van der Waals surface area contributed by atoms with Crippen molar-refractivity contribution in [1.82, 2.24) is 4.98 Å². The number of pyridine rings is 1. The highest BCUT2D eigenvalue weighted by molar-refractivity contribution is 6.29. The van der Waals surface area contributed by atoms with Crippen molar-refractivity contribution in [3.8, 4) is 0 Å². The van der Waals surface area contributed by atoms with Crippen LogP contribution in [-0.4, -0.2) is 23.3 Å². The summed E-state index contributed by atoms with van der Waals surface area (Å²) in [5.41, 5.74) is -0.207. The van der Waals surface area contributed by atoms with Crippen LogP contribution in [0.3, 0.4) is 0 Å². The zero-order chi connectivity index (χ0) is 14.6. The molecule has 1 aromatic rings. The van der Waals surface area contributed by atoms with Crippen molar-refractivity contribution in [2.75, 3.05) is 6.61 Å². The van der Waals surface area contributed by atoms with Crippen molar-refractivity contribution in [2.45, 2.75) is 39.0 Å². The number of halogens is 1. The quantitative estimate of drug-likeness (QED) is 0.487. The van der Waals surface area contributed by atoms with Crippen LogP contribution in [-0.2, 0) is 20.7 Å². The van der Waals surface area contributed by atoms with E-state index in [0.29, 0.717) is 24.4 Å². The molecule has 0 bridgehead atoms. The van der Waals surface area contributed by atoms with Crippen LogP contribution in [0.15, 0.2) is 18.3 Å². The van der Waals surface area contributed by atoms with E-state index in [4.69, 9.17) is 16.3 Å². The Labute approximate surface area is 123 Å². The van der Waals surface area contributed by atoms with Gasteiger partial charge in [-0.15, -0.1) is 0 Å². The van der Waals surface area contributed by atoms with E-state index in [9.17, 15) is 9.59 Å². The lowest BCUT2D eigenvalue weighted by molar-refractivity contribution is -0.162. The van der Waals surface area contributed by atoms with Crippen molar-refractivity contribution in [2.24, 2.45) is 5.41 Å². The van der Waals surface area contributed by atoms with Crippen LogP contribution in [0.25, 0.3) is 0 Å². The second-order valence-corrected chi connectivity index (χ2v) is 5.49. The number of ketones is 1. The first-order valence-corrected chi connectivity index (χ1v) is 7.27. The van der Waals surface area contributed by atoms with E-state index in [1.165, 1.54) is 0 Å². The molecule has 0 N–H and O–H groups in total. The molecule has 0 amide bonds. The van der Waals surface area contributed by atoms with Gasteiger partial charge in [0.1, 0.15) is 10.6 Å². The van der Waals surface area contributed by atoms with Gasteiger partial charge in [-0.1, -0.05) is 24.1 Å². The van der Waals surface area contributed by atoms with Gasteiger partial charge >= 0.3 is 5.97 Å². The second-order valence-electron chi connectivity index (χ2n) is 5.10. The third-order valence-corrected chi connectivity index (χ3v) is 3.98. The summed E-state index contributed by atoms with van der Waals surface area (Å²) in [6.45, 7) is 2.04. The van der Waals surface area contributed by atoms with Gasteiger partial charge in [0, 0.05) is 12.6 Å². The van der Waals surface area contributed by atoms with Crippen LogP contribution >= 0.6 is 11.6 Å². The van der Waals surface area contributed by atoms with E-state index in [1.54, 1.807) is 25.3 Å². The number of aromatic nitrogens is 1. The third-order valence-electron chi connectivity index (χ3n) is 3.75. The molecular weight excluding hydrogens is 278 g/mol. The first-order valence-electron chi connectivity index (χ1n) is 6.89. The van der Waals surface area contributed by atoms with Crippen molar-refractivity contribution in [3.63, 3.8) is 0 Å². The number of rotatable bonds is 4. The van der Waals surface area contributed by atoms with Gasteiger partial charge in [0.2, 0.25) is 0 Å². The lowest BCUT2D eigenvalue weighted by Gasteiger charge is -2.33. The lowest BCUT2D eigenvalue weighted by atomic mass is 9.69. The van der Waals surface area contributed by atoms with Gasteiger partial charge in [0.05, 0.1) is 6.61 Å². The average Bonchev–Trinajstić information content (AvgIpc) is 2.44. The molecule has 0 aliphatic heterocycles. The van der Waals surface area contributed by atoms with Gasteiger partial charge in [0.15, 0.2) is 5.78 Å². The maximum absolute atomic E-state index is 12.4. The smallest absolute Gasteiger partial charge is 0.319 e. The summed E-state index contributed by atoms with van der Waals surface area (Å²) >= 11 is 5.76. The predicted octanol–water partition coefficient (Wildman–Crippen LogP) is 2.97. The summed E-state index contributed by atoms with van der Waals surface area (Å²) in [7, 11) is 0. The third kappa shape index (κ3) is 3.01. The van der Waals surface area contributed by atoms with Gasteiger partial charge in [0.25, 0.3) is 0 Å². The van der Waals surface area contributed by atoms with Gasteiger partial charge in [-0.2, -0.15) is 0 Å². The molecule has 1 heterocycles. The van der Waals surface area contributed by atoms with Gasteiger partial charge in [-0.3, -0.25) is 9.59 Å². The minimum absolute atomic E-state index is 0.0165. The Morgan fingerprint density at radius 3 is 2.85 bits per heavy atom. The van der Waals surface area contributed by atoms with Gasteiger partial charge in [-0.05, 0) is 37.8 Å². The molecule has 0 saturated heterocycles. The number of carbonyl (C=O) groups excluding carboxylic acids is 2. The number of hydrogen-bond acceptors (Lipinski definition) is 4. The van der Waals surface area contributed by atoms with Crippen LogP contribution in [0.4, 0.5) is 0 Å². The molecule has 108 valence electrons. The molecule has 1 aliphatic rings. The highest BCUT2D eigenvalue weighted by atomic mass is 35.5. The molecule has 1 atom stereocenters. The number of nitrogens with zero attached hydrogens (tertiary/aromatic N) is 1. The summed E-state index contributed by atoms with van der Waals surface area (Å²) in [6.07, 6.45) is 4.66. The summed E-state index contributed by atoms with van der Waals surface area (Å²) < 4.78 is 5.14. The molecule has 4 nitrogen and oxygen atoms in total. The zero-order valence-corrected chi connectivity index (χ0v) is 12.3. The molecule has 20 heavy (non-hydrogen) atoms. The minimum Gasteiger partial charge on any atom is -0.465 e. The summed E-state index contributed by atoms with van der Waals surface area (Å²) in [6, 6.07) is 3.47. The molecule has 1 fully saturated rings. The molecule has 2 rings (SSSR count). The van der Waals surface area contributed by atoms with E-state index in [2.05, 4.69) is 4.98 Å². The predicted molar refractivity (Wildman–Crippen MR) is 75.5 cm³/mol. The van der Waals surface area contributed by atoms with Crippen LogP contribution in [0.2, 0.25) is 5.15 Å². The fraction of sp³-hybridized carbons (Fsp3) is 0.533. The van der Waals surface area contributed by atoms with Crippen molar-refractivity contribution in [1.29, 1.82) is 0 Å². The Morgan fingerprint density at radius 1 is 1.45 bits per heavy atom. The van der Waals surface area contributed by atoms with Crippen LogP contribution in [0.1, 0.15) is 38.2 Å². The van der Waals surface area contributed by atoms with Crippen molar-refractivity contribution in [3.05, 3.63) is 29.0 Å². The van der Waals surface area contributed by atoms with Crippen molar-refractivity contribution >= 4 is 23.4 Å². The largest absolute Gasteiger partial charge is 0.465 e. The SMILES string of the molecule is CCOC(=O)C1(Cc2ccc(Cl)nc2)CCCCC1=O. The monoisotopic (exact) mass is 295 g/mol. The van der Waals surface area contributed by atoms with E-state index in [0.717, 1.165) is 18.4 Å². The Morgan fingerprint density at radius 2 is 2.25 bits per heavy atom.